The number of rotatable bonds is 6. The Labute approximate surface area is 121 Å². The smallest absolute Gasteiger partial charge is 0.119 e. The van der Waals surface area contributed by atoms with Crippen LogP contribution in [-0.4, -0.2) is 41.3 Å². The second kappa shape index (κ2) is 6.95. The summed E-state index contributed by atoms with van der Waals surface area (Å²) in [5.41, 5.74) is 6.34. The van der Waals surface area contributed by atoms with E-state index in [-0.39, 0.29) is 0 Å². The van der Waals surface area contributed by atoms with Crippen LogP contribution in [0.4, 0.5) is 5.69 Å². The van der Waals surface area contributed by atoms with Gasteiger partial charge in [0.15, 0.2) is 0 Å². The van der Waals surface area contributed by atoms with Crippen LogP contribution in [0.25, 0.3) is 0 Å². The standard InChI is InChI=1S/C16H26N2O2/c1-3-14-7-4-12(2)18(14)10-15(19)11-20-16-8-5-13(17)6-9-16/h5-6,8-9,12,14-15,19H,3-4,7,10-11,17H2,1-2H3. The van der Waals surface area contributed by atoms with E-state index in [1.54, 1.807) is 12.1 Å². The average molecular weight is 278 g/mol. The van der Waals surface area contributed by atoms with Crippen molar-refractivity contribution in [2.24, 2.45) is 0 Å². The van der Waals surface area contributed by atoms with Crippen molar-refractivity contribution < 1.29 is 9.84 Å². The van der Waals surface area contributed by atoms with Gasteiger partial charge in [-0.25, -0.2) is 0 Å². The molecule has 1 aliphatic heterocycles. The van der Waals surface area contributed by atoms with Gasteiger partial charge in [-0.3, -0.25) is 4.90 Å². The summed E-state index contributed by atoms with van der Waals surface area (Å²) in [5, 5.41) is 10.2. The van der Waals surface area contributed by atoms with Crippen molar-refractivity contribution in [1.82, 2.24) is 4.90 Å². The Morgan fingerprint density at radius 3 is 2.70 bits per heavy atom. The summed E-state index contributed by atoms with van der Waals surface area (Å²) in [6, 6.07) is 8.43. The van der Waals surface area contributed by atoms with Crippen molar-refractivity contribution in [3.8, 4) is 5.75 Å². The largest absolute Gasteiger partial charge is 0.491 e. The van der Waals surface area contributed by atoms with Gasteiger partial charge >= 0.3 is 0 Å². The molecule has 3 unspecified atom stereocenters. The number of nitrogens with two attached hydrogens (primary N) is 1. The minimum atomic E-state index is -0.456. The molecule has 1 saturated heterocycles. The van der Waals surface area contributed by atoms with E-state index in [2.05, 4.69) is 18.7 Å². The number of nitrogen functional groups attached to an aromatic ring is 1. The molecule has 1 aromatic rings. The van der Waals surface area contributed by atoms with E-state index < -0.39 is 6.10 Å². The van der Waals surface area contributed by atoms with E-state index in [4.69, 9.17) is 10.5 Å². The Balaban J connectivity index is 1.80. The molecule has 1 aliphatic rings. The van der Waals surface area contributed by atoms with Crippen molar-refractivity contribution in [2.45, 2.75) is 51.3 Å². The molecule has 3 N–H and O–H groups in total. The second-order valence-electron chi connectivity index (χ2n) is 5.72. The van der Waals surface area contributed by atoms with E-state index >= 15 is 0 Å². The number of ether oxygens (including phenoxy) is 1. The average Bonchev–Trinajstić information content (AvgIpc) is 2.79. The number of nitrogens with zero attached hydrogens (tertiary/aromatic N) is 1. The predicted molar refractivity (Wildman–Crippen MR) is 81.8 cm³/mol. The summed E-state index contributed by atoms with van der Waals surface area (Å²) in [6.07, 6.45) is 3.16. The van der Waals surface area contributed by atoms with E-state index in [1.165, 1.54) is 12.8 Å². The molecule has 0 amide bonds. The van der Waals surface area contributed by atoms with Crippen molar-refractivity contribution in [1.29, 1.82) is 0 Å². The molecule has 0 aliphatic carbocycles. The summed E-state index contributed by atoms with van der Waals surface area (Å²) in [7, 11) is 0. The third kappa shape index (κ3) is 3.87. The first-order valence-electron chi connectivity index (χ1n) is 7.52. The van der Waals surface area contributed by atoms with Crippen molar-refractivity contribution >= 4 is 5.69 Å². The van der Waals surface area contributed by atoms with Crippen LogP contribution in [0.2, 0.25) is 0 Å². The fourth-order valence-corrected chi connectivity index (χ4v) is 2.95. The SMILES string of the molecule is CCC1CCC(C)N1CC(O)COc1ccc(N)cc1. The Bertz CT molecular complexity index is 407. The summed E-state index contributed by atoms with van der Waals surface area (Å²) in [6.45, 7) is 5.47. The van der Waals surface area contributed by atoms with Gasteiger partial charge in [0.2, 0.25) is 0 Å². The molecule has 0 radical (unpaired) electrons. The highest BCUT2D eigenvalue weighted by atomic mass is 16.5. The highest BCUT2D eigenvalue weighted by Crippen LogP contribution is 2.26. The normalized spacial score (nSPS) is 24.8. The monoisotopic (exact) mass is 278 g/mol. The highest BCUT2D eigenvalue weighted by Gasteiger charge is 2.30. The number of benzene rings is 1. The molecule has 4 nitrogen and oxygen atoms in total. The second-order valence-corrected chi connectivity index (χ2v) is 5.72. The number of anilines is 1. The van der Waals surface area contributed by atoms with Crippen LogP contribution in [0.15, 0.2) is 24.3 Å². The van der Waals surface area contributed by atoms with Gasteiger partial charge in [-0.2, -0.15) is 0 Å². The molecule has 1 fully saturated rings. The minimum absolute atomic E-state index is 0.323. The van der Waals surface area contributed by atoms with Crippen LogP contribution < -0.4 is 10.5 Å². The lowest BCUT2D eigenvalue weighted by atomic mass is 10.1. The maximum atomic E-state index is 10.2. The Hall–Kier alpha value is -1.26. The molecule has 112 valence electrons. The zero-order chi connectivity index (χ0) is 14.5. The van der Waals surface area contributed by atoms with Crippen LogP contribution in [0.1, 0.15) is 33.1 Å². The number of aliphatic hydroxyl groups excluding tert-OH is 1. The fourth-order valence-electron chi connectivity index (χ4n) is 2.95. The molecule has 1 aromatic carbocycles. The quantitative estimate of drug-likeness (QED) is 0.784. The summed E-state index contributed by atoms with van der Waals surface area (Å²) in [4.78, 5) is 2.41. The van der Waals surface area contributed by atoms with Gasteiger partial charge in [0.1, 0.15) is 18.5 Å². The lowest BCUT2D eigenvalue weighted by molar-refractivity contribution is 0.0514. The highest BCUT2D eigenvalue weighted by molar-refractivity contribution is 5.41. The van der Waals surface area contributed by atoms with E-state index in [9.17, 15) is 5.11 Å². The lowest BCUT2D eigenvalue weighted by Crippen LogP contribution is -2.41. The number of likely N-dealkylation sites (tertiary alicyclic amines) is 1. The van der Waals surface area contributed by atoms with E-state index in [1.807, 2.05) is 12.1 Å². The van der Waals surface area contributed by atoms with Crippen LogP contribution in [-0.2, 0) is 0 Å². The Kier molecular flexibility index (Phi) is 5.26. The Morgan fingerprint density at radius 1 is 1.35 bits per heavy atom. The maximum absolute atomic E-state index is 10.2. The predicted octanol–water partition coefficient (Wildman–Crippen LogP) is 2.27. The van der Waals surface area contributed by atoms with Crippen LogP contribution in [0.5, 0.6) is 5.75 Å². The molecular weight excluding hydrogens is 252 g/mol. The molecule has 2 rings (SSSR count). The van der Waals surface area contributed by atoms with Crippen molar-refractivity contribution in [3.63, 3.8) is 0 Å². The first-order valence-corrected chi connectivity index (χ1v) is 7.52. The van der Waals surface area contributed by atoms with Gasteiger partial charge in [0, 0.05) is 24.3 Å². The molecule has 0 saturated carbocycles. The first-order chi connectivity index (χ1) is 9.60. The van der Waals surface area contributed by atoms with Gasteiger partial charge in [-0.15, -0.1) is 0 Å². The van der Waals surface area contributed by atoms with E-state index in [0.29, 0.717) is 25.2 Å². The van der Waals surface area contributed by atoms with Gasteiger partial charge in [-0.1, -0.05) is 6.92 Å². The third-order valence-electron chi connectivity index (χ3n) is 4.17. The zero-order valence-electron chi connectivity index (χ0n) is 12.5. The van der Waals surface area contributed by atoms with Gasteiger partial charge in [0.05, 0.1) is 0 Å². The van der Waals surface area contributed by atoms with Gasteiger partial charge in [-0.05, 0) is 50.5 Å². The fraction of sp³-hybridized carbons (Fsp3) is 0.625. The maximum Gasteiger partial charge on any atom is 0.119 e. The van der Waals surface area contributed by atoms with Crippen LogP contribution in [0.3, 0.4) is 0 Å². The number of aliphatic hydroxyl groups is 1. The van der Waals surface area contributed by atoms with E-state index in [0.717, 1.165) is 17.9 Å². The molecule has 1 heterocycles. The van der Waals surface area contributed by atoms with Crippen molar-refractivity contribution in [3.05, 3.63) is 24.3 Å². The Morgan fingerprint density at radius 2 is 2.05 bits per heavy atom. The van der Waals surface area contributed by atoms with Crippen molar-refractivity contribution in [2.75, 3.05) is 18.9 Å². The number of hydrogen-bond donors (Lipinski definition) is 2. The molecular formula is C16H26N2O2. The molecule has 0 bridgehead atoms. The molecule has 20 heavy (non-hydrogen) atoms. The number of β-amino-alcohol motifs (C(OH)–C–C–N with tert-alkyl or cyclic N) is 1. The zero-order valence-corrected chi connectivity index (χ0v) is 12.5. The topological polar surface area (TPSA) is 58.7 Å². The number of hydrogen-bond acceptors (Lipinski definition) is 4. The third-order valence-corrected chi connectivity index (χ3v) is 4.17. The first kappa shape index (κ1) is 15.1. The van der Waals surface area contributed by atoms with Crippen LogP contribution >= 0.6 is 0 Å². The molecule has 0 spiro atoms. The summed E-state index contributed by atoms with van der Waals surface area (Å²) in [5.74, 6) is 0.750. The van der Waals surface area contributed by atoms with Gasteiger partial charge < -0.3 is 15.6 Å². The van der Waals surface area contributed by atoms with Gasteiger partial charge in [0.25, 0.3) is 0 Å². The molecule has 4 heteroatoms. The molecule has 3 atom stereocenters. The minimum Gasteiger partial charge on any atom is -0.491 e. The van der Waals surface area contributed by atoms with Crippen LogP contribution in [0, 0.1) is 0 Å². The lowest BCUT2D eigenvalue weighted by Gasteiger charge is -2.29. The summed E-state index contributed by atoms with van der Waals surface area (Å²) < 4.78 is 5.60. The summed E-state index contributed by atoms with van der Waals surface area (Å²) >= 11 is 0. The molecule has 0 aromatic heterocycles.